The summed E-state index contributed by atoms with van der Waals surface area (Å²) >= 11 is 0. The van der Waals surface area contributed by atoms with E-state index < -0.39 is 5.60 Å². The Balaban J connectivity index is 1.74. The number of aryl methyl sites for hydroxylation is 1. The number of nitrogens with one attached hydrogen (secondary N) is 1. The lowest BCUT2D eigenvalue weighted by atomic mass is 9.79. The van der Waals surface area contributed by atoms with Gasteiger partial charge in [-0.2, -0.15) is 0 Å². The molecular weight excluding hydrogens is 218 g/mol. The van der Waals surface area contributed by atoms with Gasteiger partial charge in [0.15, 0.2) is 0 Å². The van der Waals surface area contributed by atoms with Gasteiger partial charge < -0.3 is 14.8 Å². The minimum absolute atomic E-state index is 0.526. The Kier molecular flexibility index (Phi) is 3.79. The molecule has 0 amide bonds. The van der Waals surface area contributed by atoms with Crippen molar-refractivity contribution in [3.8, 4) is 0 Å². The standard InChI is InChI=1S/C12H21N3O2/c1-9-3-5-12(16,6-4-9)8-13-7-11-15-14-10(2)17-11/h9,13,16H,3-8H2,1-2H3. The molecule has 96 valence electrons. The highest BCUT2D eigenvalue weighted by molar-refractivity contribution is 4.87. The fraction of sp³-hybridized carbons (Fsp3) is 0.833. The minimum atomic E-state index is -0.554. The lowest BCUT2D eigenvalue weighted by Crippen LogP contribution is -2.43. The summed E-state index contributed by atoms with van der Waals surface area (Å²) in [6.45, 7) is 5.14. The molecule has 0 saturated heterocycles. The Morgan fingerprint density at radius 2 is 2.12 bits per heavy atom. The number of hydrogen-bond acceptors (Lipinski definition) is 5. The van der Waals surface area contributed by atoms with Crippen molar-refractivity contribution in [2.24, 2.45) is 5.92 Å². The third kappa shape index (κ3) is 3.51. The fourth-order valence-electron chi connectivity index (χ4n) is 2.29. The van der Waals surface area contributed by atoms with Crippen LogP contribution in [0.4, 0.5) is 0 Å². The third-order valence-corrected chi connectivity index (χ3v) is 3.50. The molecule has 1 saturated carbocycles. The summed E-state index contributed by atoms with van der Waals surface area (Å²) in [4.78, 5) is 0. The van der Waals surface area contributed by atoms with Crippen LogP contribution in [0.3, 0.4) is 0 Å². The summed E-state index contributed by atoms with van der Waals surface area (Å²) in [5.41, 5.74) is -0.554. The molecule has 0 unspecified atom stereocenters. The highest BCUT2D eigenvalue weighted by atomic mass is 16.4. The van der Waals surface area contributed by atoms with E-state index in [0.717, 1.165) is 31.6 Å². The van der Waals surface area contributed by atoms with Gasteiger partial charge >= 0.3 is 0 Å². The second kappa shape index (κ2) is 5.14. The van der Waals surface area contributed by atoms with Gasteiger partial charge in [-0.05, 0) is 31.6 Å². The maximum atomic E-state index is 10.3. The van der Waals surface area contributed by atoms with E-state index in [9.17, 15) is 5.11 Å². The largest absolute Gasteiger partial charge is 0.424 e. The number of nitrogens with zero attached hydrogens (tertiary/aromatic N) is 2. The Morgan fingerprint density at radius 3 is 2.71 bits per heavy atom. The Morgan fingerprint density at radius 1 is 1.41 bits per heavy atom. The molecule has 2 rings (SSSR count). The van der Waals surface area contributed by atoms with Crippen LogP contribution in [-0.4, -0.2) is 27.4 Å². The molecule has 0 atom stereocenters. The summed E-state index contributed by atoms with van der Waals surface area (Å²) in [5, 5.41) is 21.2. The minimum Gasteiger partial charge on any atom is -0.424 e. The van der Waals surface area contributed by atoms with E-state index in [2.05, 4.69) is 22.4 Å². The van der Waals surface area contributed by atoms with Crippen molar-refractivity contribution in [2.75, 3.05) is 6.54 Å². The van der Waals surface area contributed by atoms with Gasteiger partial charge in [-0.3, -0.25) is 0 Å². The van der Waals surface area contributed by atoms with Crippen LogP contribution in [0.5, 0.6) is 0 Å². The van der Waals surface area contributed by atoms with Crippen LogP contribution in [0.25, 0.3) is 0 Å². The molecule has 2 N–H and O–H groups in total. The molecule has 1 aliphatic rings. The van der Waals surface area contributed by atoms with Gasteiger partial charge in [0.25, 0.3) is 0 Å². The summed E-state index contributed by atoms with van der Waals surface area (Å²) in [5.74, 6) is 1.90. The Bertz CT molecular complexity index is 356. The van der Waals surface area contributed by atoms with E-state index >= 15 is 0 Å². The average Bonchev–Trinajstić information content (AvgIpc) is 2.69. The maximum Gasteiger partial charge on any atom is 0.230 e. The molecule has 0 aliphatic heterocycles. The van der Waals surface area contributed by atoms with Crippen molar-refractivity contribution in [1.29, 1.82) is 0 Å². The molecule has 5 heteroatoms. The maximum absolute atomic E-state index is 10.3. The van der Waals surface area contributed by atoms with Gasteiger partial charge in [0.2, 0.25) is 11.8 Å². The summed E-state index contributed by atoms with van der Waals surface area (Å²) in [7, 11) is 0. The first-order chi connectivity index (χ1) is 8.07. The molecule has 1 aromatic rings. The number of aliphatic hydroxyl groups is 1. The van der Waals surface area contributed by atoms with Crippen molar-refractivity contribution in [3.05, 3.63) is 11.8 Å². The van der Waals surface area contributed by atoms with Crippen molar-refractivity contribution in [3.63, 3.8) is 0 Å². The van der Waals surface area contributed by atoms with Gasteiger partial charge in [-0.1, -0.05) is 6.92 Å². The number of aromatic nitrogens is 2. The van der Waals surface area contributed by atoms with Gasteiger partial charge in [0.1, 0.15) is 0 Å². The normalized spacial score (nSPS) is 29.5. The SMILES string of the molecule is Cc1nnc(CNCC2(O)CCC(C)CC2)o1. The van der Waals surface area contributed by atoms with Gasteiger partial charge in [-0.25, -0.2) is 0 Å². The van der Waals surface area contributed by atoms with Crippen molar-refractivity contribution in [1.82, 2.24) is 15.5 Å². The van der Waals surface area contributed by atoms with Crippen LogP contribution in [0, 0.1) is 12.8 Å². The van der Waals surface area contributed by atoms with E-state index in [-0.39, 0.29) is 0 Å². The molecule has 1 fully saturated rings. The van der Waals surface area contributed by atoms with E-state index in [1.807, 2.05) is 0 Å². The van der Waals surface area contributed by atoms with Crippen LogP contribution in [0.15, 0.2) is 4.42 Å². The molecule has 0 radical (unpaired) electrons. The molecule has 0 aromatic carbocycles. The number of hydrogen-bond donors (Lipinski definition) is 2. The van der Waals surface area contributed by atoms with Crippen LogP contribution in [-0.2, 0) is 6.54 Å². The highest BCUT2D eigenvalue weighted by Crippen LogP contribution is 2.31. The quantitative estimate of drug-likeness (QED) is 0.831. The molecule has 1 heterocycles. The monoisotopic (exact) mass is 239 g/mol. The van der Waals surface area contributed by atoms with Crippen LogP contribution < -0.4 is 5.32 Å². The van der Waals surface area contributed by atoms with Crippen molar-refractivity contribution >= 4 is 0 Å². The van der Waals surface area contributed by atoms with E-state index in [1.165, 1.54) is 0 Å². The first-order valence-electron chi connectivity index (χ1n) is 6.29. The predicted molar refractivity (Wildman–Crippen MR) is 63.3 cm³/mol. The lowest BCUT2D eigenvalue weighted by Gasteiger charge is -2.34. The fourth-order valence-corrected chi connectivity index (χ4v) is 2.29. The van der Waals surface area contributed by atoms with Crippen LogP contribution in [0.2, 0.25) is 0 Å². The highest BCUT2D eigenvalue weighted by Gasteiger charge is 2.31. The van der Waals surface area contributed by atoms with E-state index in [4.69, 9.17) is 4.42 Å². The molecule has 0 bridgehead atoms. The average molecular weight is 239 g/mol. The summed E-state index contributed by atoms with van der Waals surface area (Å²) < 4.78 is 5.26. The van der Waals surface area contributed by atoms with Crippen LogP contribution >= 0.6 is 0 Å². The van der Waals surface area contributed by atoms with Crippen LogP contribution in [0.1, 0.15) is 44.4 Å². The zero-order chi connectivity index (χ0) is 12.3. The molecule has 1 aromatic heterocycles. The van der Waals surface area contributed by atoms with E-state index in [1.54, 1.807) is 6.92 Å². The molecule has 1 aliphatic carbocycles. The van der Waals surface area contributed by atoms with Gasteiger partial charge in [-0.15, -0.1) is 10.2 Å². The first-order valence-corrected chi connectivity index (χ1v) is 6.29. The zero-order valence-corrected chi connectivity index (χ0v) is 10.6. The summed E-state index contributed by atoms with van der Waals surface area (Å²) in [6.07, 6.45) is 3.98. The number of rotatable bonds is 4. The van der Waals surface area contributed by atoms with Crippen molar-refractivity contribution < 1.29 is 9.52 Å². The molecule has 5 nitrogen and oxygen atoms in total. The van der Waals surface area contributed by atoms with E-state index in [0.29, 0.717) is 24.9 Å². The lowest BCUT2D eigenvalue weighted by molar-refractivity contribution is -0.00664. The van der Waals surface area contributed by atoms with Crippen molar-refractivity contribution in [2.45, 2.75) is 51.7 Å². The first kappa shape index (κ1) is 12.5. The van der Waals surface area contributed by atoms with Gasteiger partial charge in [0.05, 0.1) is 12.1 Å². The van der Waals surface area contributed by atoms with Gasteiger partial charge in [0, 0.05) is 13.5 Å². The second-order valence-corrected chi connectivity index (χ2v) is 5.23. The Labute approximate surface area is 102 Å². The third-order valence-electron chi connectivity index (χ3n) is 3.50. The predicted octanol–water partition coefficient (Wildman–Crippen LogP) is 1.41. The molecule has 17 heavy (non-hydrogen) atoms. The zero-order valence-electron chi connectivity index (χ0n) is 10.6. The summed E-state index contributed by atoms with van der Waals surface area (Å²) in [6, 6.07) is 0. The Hall–Kier alpha value is -0.940. The molecular formula is C12H21N3O2. The molecule has 0 spiro atoms. The second-order valence-electron chi connectivity index (χ2n) is 5.23. The smallest absolute Gasteiger partial charge is 0.230 e. The topological polar surface area (TPSA) is 71.2 Å².